The third kappa shape index (κ3) is 4.05. The normalized spacial score (nSPS) is 19.4. The molecule has 0 saturated carbocycles. The third-order valence-electron chi connectivity index (χ3n) is 3.87. The first-order valence-electron chi connectivity index (χ1n) is 7.40. The Balaban J connectivity index is 1.73. The first kappa shape index (κ1) is 15.0. The predicted molar refractivity (Wildman–Crippen MR) is 83.6 cm³/mol. The summed E-state index contributed by atoms with van der Waals surface area (Å²) >= 11 is 0. The molecule has 4 heteroatoms. The molecule has 1 N–H and O–H groups in total. The zero-order valence-corrected chi connectivity index (χ0v) is 12.5. The number of rotatable bonds is 8. The van der Waals surface area contributed by atoms with E-state index in [0.717, 1.165) is 37.8 Å². The van der Waals surface area contributed by atoms with E-state index in [0.29, 0.717) is 0 Å². The minimum absolute atomic E-state index is 0.762. The quantitative estimate of drug-likeness (QED) is 0.736. The molecule has 2 heterocycles. The molecule has 20 heavy (non-hydrogen) atoms. The number of aryl methyl sites for hydroxylation is 1. The summed E-state index contributed by atoms with van der Waals surface area (Å²) in [6, 6.07) is 0. The molecule has 0 unspecified atom stereocenters. The van der Waals surface area contributed by atoms with Crippen molar-refractivity contribution in [2.24, 2.45) is 5.92 Å². The second-order valence-corrected chi connectivity index (χ2v) is 5.58. The number of hydrogen-bond acceptors (Lipinski definition) is 3. The van der Waals surface area contributed by atoms with Crippen LogP contribution in [0.15, 0.2) is 31.5 Å². The summed E-state index contributed by atoms with van der Waals surface area (Å²) in [5.41, 5.74) is 2.40. The van der Waals surface area contributed by atoms with Crippen LogP contribution in [-0.4, -0.2) is 40.9 Å². The fourth-order valence-corrected chi connectivity index (χ4v) is 2.80. The molecule has 0 amide bonds. The average molecular weight is 274 g/mol. The summed E-state index contributed by atoms with van der Waals surface area (Å²) in [6.45, 7) is 15.8. The van der Waals surface area contributed by atoms with E-state index >= 15 is 0 Å². The molecule has 0 aliphatic carbocycles. The van der Waals surface area contributed by atoms with Gasteiger partial charge in [0.15, 0.2) is 0 Å². The van der Waals surface area contributed by atoms with Gasteiger partial charge in [-0.2, -0.15) is 5.10 Å². The van der Waals surface area contributed by atoms with Gasteiger partial charge in [0.25, 0.3) is 0 Å². The Morgan fingerprint density at radius 3 is 2.95 bits per heavy atom. The predicted octanol–water partition coefficient (Wildman–Crippen LogP) is 1.98. The number of nitrogens with one attached hydrogen (secondary N) is 1. The summed E-state index contributed by atoms with van der Waals surface area (Å²) < 4.78 is 1.95. The van der Waals surface area contributed by atoms with E-state index in [2.05, 4.69) is 41.6 Å². The second kappa shape index (κ2) is 7.41. The molecule has 1 aromatic rings. The molecule has 0 bridgehead atoms. The van der Waals surface area contributed by atoms with E-state index < -0.39 is 0 Å². The lowest BCUT2D eigenvalue weighted by molar-refractivity contribution is 0.355. The Morgan fingerprint density at radius 1 is 1.40 bits per heavy atom. The van der Waals surface area contributed by atoms with Gasteiger partial charge in [0.05, 0.1) is 12.2 Å². The minimum Gasteiger partial charge on any atom is -0.312 e. The Kier molecular flexibility index (Phi) is 5.56. The molecule has 110 valence electrons. The lowest BCUT2D eigenvalue weighted by Gasteiger charge is -2.13. The SMILES string of the molecule is C=CCN1CC[C@H](CNCc2cn(CC=C)nc2C)C1. The van der Waals surface area contributed by atoms with E-state index in [1.165, 1.54) is 25.1 Å². The highest BCUT2D eigenvalue weighted by Gasteiger charge is 2.20. The van der Waals surface area contributed by atoms with Crippen molar-refractivity contribution in [3.63, 3.8) is 0 Å². The van der Waals surface area contributed by atoms with Crippen LogP contribution in [0, 0.1) is 12.8 Å². The van der Waals surface area contributed by atoms with Gasteiger partial charge >= 0.3 is 0 Å². The lowest BCUT2D eigenvalue weighted by atomic mass is 10.1. The monoisotopic (exact) mass is 274 g/mol. The highest BCUT2D eigenvalue weighted by atomic mass is 15.3. The maximum Gasteiger partial charge on any atom is 0.0638 e. The molecule has 1 aliphatic rings. The first-order valence-corrected chi connectivity index (χ1v) is 7.40. The summed E-state index contributed by atoms with van der Waals surface area (Å²) in [5, 5.41) is 8.04. The van der Waals surface area contributed by atoms with Crippen molar-refractivity contribution in [3.05, 3.63) is 42.8 Å². The van der Waals surface area contributed by atoms with Crippen LogP contribution in [0.5, 0.6) is 0 Å². The Morgan fingerprint density at radius 2 is 2.20 bits per heavy atom. The first-order chi connectivity index (χ1) is 9.72. The van der Waals surface area contributed by atoms with Crippen LogP contribution in [-0.2, 0) is 13.1 Å². The Hall–Kier alpha value is -1.39. The van der Waals surface area contributed by atoms with Gasteiger partial charge in [0.1, 0.15) is 0 Å². The number of likely N-dealkylation sites (tertiary alicyclic amines) is 1. The fourth-order valence-electron chi connectivity index (χ4n) is 2.80. The summed E-state index contributed by atoms with van der Waals surface area (Å²) in [5.74, 6) is 0.762. The van der Waals surface area contributed by atoms with Gasteiger partial charge in [0, 0.05) is 31.4 Å². The van der Waals surface area contributed by atoms with Crippen molar-refractivity contribution in [2.75, 3.05) is 26.2 Å². The smallest absolute Gasteiger partial charge is 0.0638 e. The van der Waals surface area contributed by atoms with Crippen LogP contribution in [0.2, 0.25) is 0 Å². The number of nitrogens with zero attached hydrogens (tertiary/aromatic N) is 3. The van der Waals surface area contributed by atoms with E-state index in [-0.39, 0.29) is 0 Å². The van der Waals surface area contributed by atoms with Gasteiger partial charge in [-0.15, -0.1) is 13.2 Å². The fraction of sp³-hybridized carbons (Fsp3) is 0.562. The van der Waals surface area contributed by atoms with Crippen molar-refractivity contribution in [1.82, 2.24) is 20.0 Å². The van der Waals surface area contributed by atoms with Crippen LogP contribution in [0.4, 0.5) is 0 Å². The number of hydrogen-bond donors (Lipinski definition) is 1. The molecule has 1 fully saturated rings. The molecule has 0 spiro atoms. The molecule has 0 radical (unpaired) electrons. The molecular weight excluding hydrogens is 248 g/mol. The third-order valence-corrected chi connectivity index (χ3v) is 3.87. The van der Waals surface area contributed by atoms with Crippen LogP contribution in [0.25, 0.3) is 0 Å². The van der Waals surface area contributed by atoms with Crippen LogP contribution >= 0.6 is 0 Å². The molecule has 1 aliphatic heterocycles. The van der Waals surface area contributed by atoms with Gasteiger partial charge in [-0.05, 0) is 32.4 Å². The maximum absolute atomic E-state index is 4.47. The standard InChI is InChI=1S/C16H26N4/c1-4-7-19-9-6-15(12-19)10-17-11-16-13-20(8-5-2)18-14(16)3/h4-5,13,15,17H,1-2,6-12H2,3H3/t15-/m1/s1. The van der Waals surface area contributed by atoms with E-state index in [1.807, 2.05) is 16.8 Å². The van der Waals surface area contributed by atoms with Crippen molar-refractivity contribution < 1.29 is 0 Å². The van der Waals surface area contributed by atoms with Crippen molar-refractivity contribution in [1.29, 1.82) is 0 Å². The van der Waals surface area contributed by atoms with Crippen LogP contribution in [0.3, 0.4) is 0 Å². The zero-order chi connectivity index (χ0) is 14.4. The van der Waals surface area contributed by atoms with Crippen molar-refractivity contribution in [3.8, 4) is 0 Å². The van der Waals surface area contributed by atoms with Crippen LogP contribution < -0.4 is 5.32 Å². The van der Waals surface area contributed by atoms with E-state index in [4.69, 9.17) is 0 Å². The topological polar surface area (TPSA) is 33.1 Å². The second-order valence-electron chi connectivity index (χ2n) is 5.58. The van der Waals surface area contributed by atoms with Crippen molar-refractivity contribution in [2.45, 2.75) is 26.4 Å². The van der Waals surface area contributed by atoms with E-state index in [1.54, 1.807) is 0 Å². The van der Waals surface area contributed by atoms with Gasteiger partial charge < -0.3 is 5.32 Å². The van der Waals surface area contributed by atoms with Gasteiger partial charge in [-0.1, -0.05) is 12.2 Å². The van der Waals surface area contributed by atoms with Crippen molar-refractivity contribution >= 4 is 0 Å². The largest absolute Gasteiger partial charge is 0.312 e. The van der Waals surface area contributed by atoms with Crippen LogP contribution in [0.1, 0.15) is 17.7 Å². The molecule has 0 aromatic carbocycles. The highest BCUT2D eigenvalue weighted by Crippen LogP contribution is 2.15. The van der Waals surface area contributed by atoms with Gasteiger partial charge in [0.2, 0.25) is 0 Å². The van der Waals surface area contributed by atoms with E-state index in [9.17, 15) is 0 Å². The molecule has 1 saturated heterocycles. The average Bonchev–Trinajstić information content (AvgIpc) is 2.99. The Bertz CT molecular complexity index is 449. The van der Waals surface area contributed by atoms with Gasteiger partial charge in [-0.25, -0.2) is 0 Å². The maximum atomic E-state index is 4.47. The Labute approximate surface area is 122 Å². The van der Waals surface area contributed by atoms with Gasteiger partial charge in [-0.3, -0.25) is 9.58 Å². The zero-order valence-electron chi connectivity index (χ0n) is 12.5. The molecule has 2 rings (SSSR count). The highest BCUT2D eigenvalue weighted by molar-refractivity contribution is 5.15. The number of allylic oxidation sites excluding steroid dienone is 1. The molecule has 4 nitrogen and oxygen atoms in total. The summed E-state index contributed by atoms with van der Waals surface area (Å²) in [4.78, 5) is 2.46. The summed E-state index contributed by atoms with van der Waals surface area (Å²) in [7, 11) is 0. The number of aromatic nitrogens is 2. The molecular formula is C16H26N4. The lowest BCUT2D eigenvalue weighted by Crippen LogP contribution is -2.26. The molecule has 1 atom stereocenters. The summed E-state index contributed by atoms with van der Waals surface area (Å²) in [6.07, 6.45) is 7.27. The molecule has 1 aromatic heterocycles. The minimum atomic E-state index is 0.762.